The summed E-state index contributed by atoms with van der Waals surface area (Å²) in [6.45, 7) is 2.74. The highest BCUT2D eigenvalue weighted by atomic mass is 32.2. The monoisotopic (exact) mass is 341 g/mol. The van der Waals surface area contributed by atoms with E-state index in [0.29, 0.717) is 24.1 Å². The van der Waals surface area contributed by atoms with Gasteiger partial charge in [-0.15, -0.1) is 10.2 Å². The Morgan fingerprint density at radius 3 is 2.88 bits per heavy atom. The largest absolute Gasteiger partial charge is 0.276 e. The lowest BCUT2D eigenvalue weighted by Gasteiger charge is -2.10. The van der Waals surface area contributed by atoms with Gasteiger partial charge in [0, 0.05) is 18.7 Å². The summed E-state index contributed by atoms with van der Waals surface area (Å²) in [5.41, 5.74) is 0.818. The second kappa shape index (κ2) is 7.49. The second-order valence-corrected chi connectivity index (χ2v) is 6.62. The normalized spacial score (nSPS) is 11.2. The van der Waals surface area contributed by atoms with E-state index in [9.17, 15) is 4.79 Å². The minimum atomic E-state index is -0.0139. The second-order valence-electron chi connectivity index (χ2n) is 5.56. The number of aromatic nitrogens is 4. The fraction of sp³-hybridized carbons (Fsp3) is 0.412. The average Bonchev–Trinajstić information content (AvgIpc) is 3.03. The number of para-hydroxylation sites is 1. The van der Waals surface area contributed by atoms with Gasteiger partial charge in [-0.25, -0.2) is 0 Å². The number of fused-ring (bicyclic) bond motifs is 3. The maximum atomic E-state index is 12.8. The molecule has 0 atom stereocenters. The highest BCUT2D eigenvalue weighted by molar-refractivity contribution is 7.99. The van der Waals surface area contributed by atoms with E-state index in [0.717, 1.165) is 35.7 Å². The Balaban J connectivity index is 2.14. The lowest BCUT2D eigenvalue weighted by Crippen LogP contribution is -2.23. The topological polar surface area (TPSA) is 76.0 Å². The number of hydrogen-bond acceptors (Lipinski definition) is 5. The zero-order valence-corrected chi connectivity index (χ0v) is 14.4. The zero-order valence-electron chi connectivity index (χ0n) is 13.6. The first kappa shape index (κ1) is 16.5. The summed E-state index contributed by atoms with van der Waals surface area (Å²) in [5.74, 6) is 1.39. The molecule has 0 unspecified atom stereocenters. The van der Waals surface area contributed by atoms with Gasteiger partial charge >= 0.3 is 0 Å². The third-order valence-corrected chi connectivity index (χ3v) is 4.89. The van der Waals surface area contributed by atoms with E-state index in [1.807, 2.05) is 28.7 Å². The molecule has 2 aromatic heterocycles. The molecule has 0 saturated heterocycles. The zero-order chi connectivity index (χ0) is 16.9. The summed E-state index contributed by atoms with van der Waals surface area (Å²) in [7, 11) is 0. The average molecular weight is 341 g/mol. The van der Waals surface area contributed by atoms with Crippen molar-refractivity contribution in [2.45, 2.75) is 44.3 Å². The van der Waals surface area contributed by atoms with Crippen molar-refractivity contribution < 1.29 is 0 Å². The van der Waals surface area contributed by atoms with Gasteiger partial charge < -0.3 is 0 Å². The van der Waals surface area contributed by atoms with Gasteiger partial charge in [0.05, 0.1) is 17.0 Å². The molecule has 0 aliphatic rings. The molecule has 0 radical (unpaired) electrons. The number of rotatable bonds is 7. The Hall–Kier alpha value is -2.33. The Morgan fingerprint density at radius 2 is 2.08 bits per heavy atom. The lowest BCUT2D eigenvalue weighted by molar-refractivity contribution is 0.620. The molecule has 1 aromatic carbocycles. The molecule has 0 spiro atoms. The SMILES string of the molecule is CCCCn1c(=O)c2ccccc2n2c(SCCCC#N)nnc12. The minimum Gasteiger partial charge on any atom is -0.276 e. The van der Waals surface area contributed by atoms with Crippen LogP contribution in [-0.2, 0) is 6.54 Å². The predicted molar refractivity (Wildman–Crippen MR) is 95.2 cm³/mol. The maximum Gasteiger partial charge on any atom is 0.262 e. The van der Waals surface area contributed by atoms with Crippen LogP contribution in [0.2, 0.25) is 0 Å². The fourth-order valence-electron chi connectivity index (χ4n) is 2.66. The van der Waals surface area contributed by atoms with Crippen molar-refractivity contribution in [3.05, 3.63) is 34.6 Å². The van der Waals surface area contributed by atoms with E-state index in [-0.39, 0.29) is 5.56 Å². The number of thioether (sulfide) groups is 1. The molecule has 7 heteroatoms. The smallest absolute Gasteiger partial charge is 0.262 e. The lowest BCUT2D eigenvalue weighted by atomic mass is 10.2. The van der Waals surface area contributed by atoms with Gasteiger partial charge in [0.1, 0.15) is 0 Å². The van der Waals surface area contributed by atoms with Crippen molar-refractivity contribution in [3.8, 4) is 6.07 Å². The summed E-state index contributed by atoms with van der Waals surface area (Å²) in [4.78, 5) is 12.8. The van der Waals surface area contributed by atoms with Gasteiger partial charge in [-0.2, -0.15) is 5.26 Å². The summed E-state index contributed by atoms with van der Waals surface area (Å²) < 4.78 is 3.68. The number of unbranched alkanes of at least 4 members (excludes halogenated alkanes) is 2. The number of aryl methyl sites for hydroxylation is 1. The number of hydrogen-bond donors (Lipinski definition) is 0. The van der Waals surface area contributed by atoms with E-state index >= 15 is 0 Å². The molecule has 0 aliphatic carbocycles. The van der Waals surface area contributed by atoms with Crippen LogP contribution in [0.15, 0.2) is 34.2 Å². The van der Waals surface area contributed by atoms with E-state index in [2.05, 4.69) is 23.2 Å². The fourth-order valence-corrected chi connectivity index (χ4v) is 3.54. The Kier molecular flexibility index (Phi) is 5.16. The van der Waals surface area contributed by atoms with Crippen LogP contribution in [0.25, 0.3) is 16.7 Å². The van der Waals surface area contributed by atoms with Gasteiger partial charge in [-0.1, -0.05) is 37.2 Å². The highest BCUT2D eigenvalue weighted by Crippen LogP contribution is 2.22. The van der Waals surface area contributed by atoms with Crippen LogP contribution in [-0.4, -0.2) is 24.9 Å². The Morgan fingerprint density at radius 1 is 1.25 bits per heavy atom. The molecule has 124 valence electrons. The number of nitrogens with zero attached hydrogens (tertiary/aromatic N) is 5. The molecule has 6 nitrogen and oxygen atoms in total. The molecular formula is C17H19N5OS. The van der Waals surface area contributed by atoms with Crippen LogP contribution in [0.4, 0.5) is 0 Å². The third kappa shape index (κ3) is 3.02. The first-order valence-electron chi connectivity index (χ1n) is 8.14. The minimum absolute atomic E-state index is 0.0139. The molecule has 24 heavy (non-hydrogen) atoms. The third-order valence-electron chi connectivity index (χ3n) is 3.88. The quantitative estimate of drug-likeness (QED) is 0.487. The van der Waals surface area contributed by atoms with Crippen molar-refractivity contribution in [2.75, 3.05) is 5.75 Å². The highest BCUT2D eigenvalue weighted by Gasteiger charge is 2.16. The molecule has 0 aliphatic heterocycles. The van der Waals surface area contributed by atoms with Crippen molar-refractivity contribution >= 4 is 28.4 Å². The van der Waals surface area contributed by atoms with Crippen LogP contribution < -0.4 is 5.56 Å². The van der Waals surface area contributed by atoms with Crippen molar-refractivity contribution in [1.82, 2.24) is 19.2 Å². The van der Waals surface area contributed by atoms with Gasteiger partial charge in [-0.3, -0.25) is 13.8 Å². The van der Waals surface area contributed by atoms with Crippen LogP contribution in [0.5, 0.6) is 0 Å². The van der Waals surface area contributed by atoms with Crippen molar-refractivity contribution in [3.63, 3.8) is 0 Å². The van der Waals surface area contributed by atoms with Crippen LogP contribution in [0.3, 0.4) is 0 Å². The number of benzene rings is 1. The summed E-state index contributed by atoms with van der Waals surface area (Å²) in [5, 5.41) is 18.7. The van der Waals surface area contributed by atoms with Gasteiger partial charge in [0.15, 0.2) is 5.16 Å². The van der Waals surface area contributed by atoms with E-state index in [1.54, 1.807) is 16.3 Å². The van der Waals surface area contributed by atoms with Gasteiger partial charge in [-0.05, 0) is 25.0 Å². The molecular weight excluding hydrogens is 322 g/mol. The maximum absolute atomic E-state index is 12.8. The Labute approximate surface area is 144 Å². The summed E-state index contributed by atoms with van der Waals surface area (Å²) >= 11 is 1.57. The number of nitriles is 1. The van der Waals surface area contributed by atoms with Gasteiger partial charge in [0.2, 0.25) is 5.78 Å². The van der Waals surface area contributed by atoms with Crippen LogP contribution in [0.1, 0.15) is 32.6 Å². The summed E-state index contributed by atoms with van der Waals surface area (Å²) in [6.07, 6.45) is 3.27. The predicted octanol–water partition coefficient (Wildman–Crippen LogP) is 3.24. The molecule has 3 rings (SSSR count). The summed E-state index contributed by atoms with van der Waals surface area (Å²) in [6, 6.07) is 9.73. The first-order valence-corrected chi connectivity index (χ1v) is 9.13. The standard InChI is InChI=1S/C17H19N5OS/c1-2-3-11-21-15(23)13-8-4-5-9-14(13)22-16(21)19-20-17(22)24-12-7-6-10-18/h4-5,8-9H,2-3,6-7,11-12H2,1H3. The van der Waals surface area contributed by atoms with Crippen molar-refractivity contribution in [1.29, 1.82) is 5.26 Å². The van der Waals surface area contributed by atoms with Crippen molar-refractivity contribution in [2.24, 2.45) is 0 Å². The molecule has 0 N–H and O–H groups in total. The van der Waals surface area contributed by atoms with E-state index in [4.69, 9.17) is 5.26 Å². The molecule has 3 aromatic rings. The van der Waals surface area contributed by atoms with E-state index < -0.39 is 0 Å². The first-order chi connectivity index (χ1) is 11.8. The van der Waals surface area contributed by atoms with Crippen LogP contribution >= 0.6 is 11.8 Å². The molecule has 0 amide bonds. The van der Waals surface area contributed by atoms with Gasteiger partial charge in [0.25, 0.3) is 5.56 Å². The Bertz CT molecular complexity index is 953. The molecule has 0 fully saturated rings. The molecule has 0 saturated carbocycles. The van der Waals surface area contributed by atoms with Crippen LogP contribution in [0, 0.1) is 11.3 Å². The van der Waals surface area contributed by atoms with E-state index in [1.165, 1.54) is 0 Å². The molecule has 0 bridgehead atoms. The molecule has 2 heterocycles.